The van der Waals surface area contributed by atoms with Gasteiger partial charge in [-0.2, -0.15) is 0 Å². The van der Waals surface area contributed by atoms with Gasteiger partial charge in [-0.3, -0.25) is 10.1 Å². The van der Waals surface area contributed by atoms with Gasteiger partial charge in [0.25, 0.3) is 5.69 Å². The van der Waals surface area contributed by atoms with Gasteiger partial charge < -0.3 is 10.4 Å². The number of rotatable bonds is 5. The molecule has 2 N–H and O–H groups in total. The van der Waals surface area contributed by atoms with Crippen LogP contribution in [0.3, 0.4) is 0 Å². The molecule has 1 saturated carbocycles. The van der Waals surface area contributed by atoms with Gasteiger partial charge >= 0.3 is 0 Å². The van der Waals surface area contributed by atoms with E-state index in [1.165, 1.54) is 12.1 Å². The highest BCUT2D eigenvalue weighted by molar-refractivity contribution is 5.50. The van der Waals surface area contributed by atoms with E-state index in [1.807, 2.05) is 0 Å². The molecule has 2 rings (SSSR count). The van der Waals surface area contributed by atoms with Crippen LogP contribution in [0.25, 0.3) is 0 Å². The Labute approximate surface area is 97.4 Å². The number of aliphatic hydroxyl groups excluding tert-OH is 1. The molecule has 0 aromatic heterocycles. The Hall–Kier alpha value is -1.69. The molecular formula is C11H13FN2O3. The Morgan fingerprint density at radius 1 is 1.59 bits per heavy atom. The zero-order chi connectivity index (χ0) is 12.4. The van der Waals surface area contributed by atoms with Crippen molar-refractivity contribution in [2.45, 2.75) is 18.9 Å². The third-order valence-corrected chi connectivity index (χ3v) is 2.83. The van der Waals surface area contributed by atoms with E-state index < -0.39 is 16.8 Å². The number of nitro benzene ring substituents is 1. The number of nitro groups is 1. The fourth-order valence-electron chi connectivity index (χ4n) is 1.62. The molecule has 1 unspecified atom stereocenters. The molecule has 1 aliphatic rings. The fourth-order valence-corrected chi connectivity index (χ4v) is 1.62. The molecule has 6 heteroatoms. The van der Waals surface area contributed by atoms with Crippen LogP contribution in [0.2, 0.25) is 0 Å². The van der Waals surface area contributed by atoms with Crippen LogP contribution in [0.4, 0.5) is 15.8 Å². The van der Waals surface area contributed by atoms with Crippen LogP contribution in [-0.2, 0) is 0 Å². The standard InChI is InChI=1S/C11H13FN2O3/c12-9-5-8(14(16)17)3-4-10(9)13-6-11(15)7-1-2-7/h3-5,7,11,13,15H,1-2,6H2. The number of hydrogen-bond donors (Lipinski definition) is 2. The molecule has 0 radical (unpaired) electrons. The van der Waals surface area contributed by atoms with E-state index in [2.05, 4.69) is 5.32 Å². The van der Waals surface area contributed by atoms with Crippen LogP contribution >= 0.6 is 0 Å². The van der Waals surface area contributed by atoms with Crippen LogP contribution in [0.5, 0.6) is 0 Å². The summed E-state index contributed by atoms with van der Waals surface area (Å²) in [5.41, 5.74) is -0.105. The van der Waals surface area contributed by atoms with E-state index >= 15 is 0 Å². The average molecular weight is 240 g/mol. The van der Waals surface area contributed by atoms with Crippen molar-refractivity contribution >= 4 is 11.4 Å². The van der Waals surface area contributed by atoms with Crippen LogP contribution in [0, 0.1) is 21.8 Å². The highest BCUT2D eigenvalue weighted by Gasteiger charge is 2.29. The molecule has 0 saturated heterocycles. The Bertz CT molecular complexity index is 435. The van der Waals surface area contributed by atoms with Crippen LogP contribution in [-0.4, -0.2) is 22.7 Å². The van der Waals surface area contributed by atoms with Gasteiger partial charge in [0, 0.05) is 12.6 Å². The summed E-state index contributed by atoms with van der Waals surface area (Å²) >= 11 is 0. The number of aliphatic hydroxyl groups is 1. The number of halogens is 1. The summed E-state index contributed by atoms with van der Waals surface area (Å²) in [7, 11) is 0. The molecule has 1 aliphatic carbocycles. The van der Waals surface area contributed by atoms with Gasteiger partial charge in [-0.1, -0.05) is 0 Å². The molecule has 0 heterocycles. The molecule has 0 aliphatic heterocycles. The minimum atomic E-state index is -0.679. The molecule has 1 aromatic rings. The lowest BCUT2D eigenvalue weighted by molar-refractivity contribution is -0.385. The number of benzene rings is 1. The molecule has 0 bridgehead atoms. The van der Waals surface area contributed by atoms with Crippen molar-refractivity contribution in [2.75, 3.05) is 11.9 Å². The maximum Gasteiger partial charge on any atom is 0.272 e. The average Bonchev–Trinajstić information content (AvgIpc) is 3.10. The molecule has 5 nitrogen and oxygen atoms in total. The van der Waals surface area contributed by atoms with E-state index in [9.17, 15) is 19.6 Å². The van der Waals surface area contributed by atoms with Crippen LogP contribution in [0.1, 0.15) is 12.8 Å². The minimum absolute atomic E-state index is 0.176. The molecular weight excluding hydrogens is 227 g/mol. The largest absolute Gasteiger partial charge is 0.391 e. The zero-order valence-corrected chi connectivity index (χ0v) is 9.10. The van der Waals surface area contributed by atoms with Gasteiger partial charge in [0.15, 0.2) is 5.82 Å². The lowest BCUT2D eigenvalue weighted by Crippen LogP contribution is -2.21. The second-order valence-electron chi connectivity index (χ2n) is 4.21. The predicted molar refractivity (Wildman–Crippen MR) is 60.3 cm³/mol. The van der Waals surface area contributed by atoms with E-state index in [4.69, 9.17) is 0 Å². The number of nitrogens with zero attached hydrogens (tertiary/aromatic N) is 1. The lowest BCUT2D eigenvalue weighted by atomic mass is 10.2. The molecule has 17 heavy (non-hydrogen) atoms. The van der Waals surface area contributed by atoms with E-state index in [0.29, 0.717) is 5.92 Å². The summed E-state index contributed by atoms with van der Waals surface area (Å²) in [6, 6.07) is 3.41. The van der Waals surface area contributed by atoms with Crippen molar-refractivity contribution in [3.8, 4) is 0 Å². The quantitative estimate of drug-likeness (QED) is 0.609. The van der Waals surface area contributed by atoms with Gasteiger partial charge in [0.2, 0.25) is 0 Å². The summed E-state index contributed by atoms with van der Waals surface area (Å²) in [6.45, 7) is 0.263. The predicted octanol–water partition coefficient (Wildman–Crippen LogP) is 1.92. The highest BCUT2D eigenvalue weighted by Crippen LogP contribution is 2.32. The van der Waals surface area contributed by atoms with Crippen molar-refractivity contribution in [3.63, 3.8) is 0 Å². The topological polar surface area (TPSA) is 75.4 Å². The molecule has 0 spiro atoms. The number of non-ortho nitro benzene ring substituents is 1. The molecule has 1 atom stereocenters. The SMILES string of the molecule is O=[N+]([O-])c1ccc(NCC(O)C2CC2)c(F)c1. The normalized spacial score (nSPS) is 16.6. The first kappa shape index (κ1) is 11.8. The van der Waals surface area contributed by atoms with Gasteiger partial charge in [-0.05, 0) is 24.8 Å². The van der Waals surface area contributed by atoms with Gasteiger partial charge in [-0.25, -0.2) is 4.39 Å². The summed E-state index contributed by atoms with van der Waals surface area (Å²) in [5, 5.41) is 22.7. The van der Waals surface area contributed by atoms with Gasteiger partial charge in [-0.15, -0.1) is 0 Å². The van der Waals surface area contributed by atoms with E-state index in [1.54, 1.807) is 0 Å². The molecule has 0 amide bonds. The Morgan fingerprint density at radius 2 is 2.29 bits per heavy atom. The Balaban J connectivity index is 1.98. The third kappa shape index (κ3) is 2.91. The maximum absolute atomic E-state index is 13.4. The smallest absolute Gasteiger partial charge is 0.272 e. The van der Waals surface area contributed by atoms with E-state index in [0.717, 1.165) is 18.9 Å². The Kier molecular flexibility index (Phi) is 3.23. The zero-order valence-electron chi connectivity index (χ0n) is 9.10. The summed E-state index contributed by atoms with van der Waals surface area (Å²) in [4.78, 5) is 9.76. The first-order valence-electron chi connectivity index (χ1n) is 5.44. The van der Waals surface area contributed by atoms with Crippen molar-refractivity contribution in [3.05, 3.63) is 34.1 Å². The van der Waals surface area contributed by atoms with Crippen molar-refractivity contribution in [1.29, 1.82) is 0 Å². The van der Waals surface area contributed by atoms with E-state index in [-0.39, 0.29) is 17.9 Å². The number of nitrogens with one attached hydrogen (secondary N) is 1. The first-order valence-corrected chi connectivity index (χ1v) is 5.44. The van der Waals surface area contributed by atoms with Crippen molar-refractivity contribution < 1.29 is 14.4 Å². The lowest BCUT2D eigenvalue weighted by Gasteiger charge is -2.12. The summed E-state index contributed by atoms with van der Waals surface area (Å²) in [6.07, 6.45) is 1.53. The molecule has 92 valence electrons. The third-order valence-electron chi connectivity index (χ3n) is 2.83. The Morgan fingerprint density at radius 3 is 2.82 bits per heavy atom. The maximum atomic E-state index is 13.4. The monoisotopic (exact) mass is 240 g/mol. The van der Waals surface area contributed by atoms with Crippen LogP contribution < -0.4 is 5.32 Å². The summed E-state index contributed by atoms with van der Waals surface area (Å²) in [5.74, 6) is -0.370. The number of hydrogen-bond acceptors (Lipinski definition) is 4. The fraction of sp³-hybridized carbons (Fsp3) is 0.455. The minimum Gasteiger partial charge on any atom is -0.391 e. The first-order chi connectivity index (χ1) is 8.08. The molecule has 1 fully saturated rings. The van der Waals surface area contributed by atoms with Crippen molar-refractivity contribution in [2.24, 2.45) is 5.92 Å². The van der Waals surface area contributed by atoms with Gasteiger partial charge in [0.1, 0.15) is 0 Å². The van der Waals surface area contributed by atoms with Crippen molar-refractivity contribution in [1.82, 2.24) is 0 Å². The van der Waals surface area contributed by atoms with Gasteiger partial charge in [0.05, 0.1) is 22.8 Å². The second kappa shape index (κ2) is 4.67. The van der Waals surface area contributed by atoms with Crippen LogP contribution in [0.15, 0.2) is 18.2 Å². The second-order valence-corrected chi connectivity index (χ2v) is 4.21. The number of anilines is 1. The highest BCUT2D eigenvalue weighted by atomic mass is 19.1. The summed E-state index contributed by atoms with van der Waals surface area (Å²) < 4.78 is 13.4. The molecule has 1 aromatic carbocycles.